The molecule has 2 heterocycles. The number of amides is 1. The van der Waals surface area contributed by atoms with Gasteiger partial charge < -0.3 is 10.1 Å². The number of alkyl halides is 3. The van der Waals surface area contributed by atoms with Gasteiger partial charge in [0.1, 0.15) is 10.6 Å². The van der Waals surface area contributed by atoms with Crippen molar-refractivity contribution in [2.75, 3.05) is 25.0 Å². The molecule has 2 aromatic rings. The van der Waals surface area contributed by atoms with Crippen LogP contribution in [0.4, 0.5) is 18.9 Å². The Hall–Kier alpha value is -2.66. The van der Waals surface area contributed by atoms with Crippen LogP contribution in [0.15, 0.2) is 47.6 Å². The van der Waals surface area contributed by atoms with Crippen LogP contribution in [0.1, 0.15) is 25.3 Å². The van der Waals surface area contributed by atoms with Crippen LogP contribution < -0.4 is 10.1 Å². The van der Waals surface area contributed by atoms with Crippen LogP contribution in [0.3, 0.4) is 0 Å². The molecule has 0 bridgehead atoms. The van der Waals surface area contributed by atoms with E-state index >= 15 is 0 Å². The summed E-state index contributed by atoms with van der Waals surface area (Å²) in [6, 6.07) is 5.88. The van der Waals surface area contributed by atoms with Crippen molar-refractivity contribution in [1.82, 2.24) is 9.29 Å². The highest BCUT2D eigenvalue weighted by molar-refractivity contribution is 7.89. The Bertz CT molecular complexity index is 1020. The van der Waals surface area contributed by atoms with Crippen molar-refractivity contribution in [3.8, 4) is 5.75 Å². The zero-order valence-electron chi connectivity index (χ0n) is 16.7. The second kappa shape index (κ2) is 9.23. The molecule has 11 heteroatoms. The zero-order valence-corrected chi connectivity index (χ0v) is 17.5. The molecule has 0 radical (unpaired) electrons. The number of anilines is 1. The Balaban J connectivity index is 1.69. The lowest BCUT2D eigenvalue weighted by Crippen LogP contribution is -2.41. The number of ether oxygens (including phenoxy) is 1. The molecule has 1 fully saturated rings. The first-order valence-corrected chi connectivity index (χ1v) is 11.1. The first-order chi connectivity index (χ1) is 14.6. The molecule has 1 aromatic heterocycles. The number of hydrogen-bond acceptors (Lipinski definition) is 5. The molecule has 1 aliphatic heterocycles. The van der Waals surface area contributed by atoms with Gasteiger partial charge in [-0.2, -0.15) is 17.5 Å². The Morgan fingerprint density at radius 2 is 1.97 bits per heavy atom. The van der Waals surface area contributed by atoms with Crippen LogP contribution in [-0.4, -0.2) is 43.3 Å². The Morgan fingerprint density at radius 3 is 2.55 bits per heavy atom. The number of hydrogen-bond donors (Lipinski definition) is 1. The topological polar surface area (TPSA) is 88.6 Å². The first kappa shape index (κ1) is 23.0. The molecule has 0 unspecified atom stereocenters. The summed E-state index contributed by atoms with van der Waals surface area (Å²) in [5.41, 5.74) is -0.962. The minimum Gasteiger partial charge on any atom is -0.492 e. The molecule has 168 valence electrons. The number of sulfonamides is 1. The van der Waals surface area contributed by atoms with Crippen LogP contribution >= 0.6 is 0 Å². The second-order valence-corrected chi connectivity index (χ2v) is 8.94. The lowest BCUT2D eigenvalue weighted by Gasteiger charge is -2.30. The van der Waals surface area contributed by atoms with Gasteiger partial charge in [0, 0.05) is 31.4 Å². The number of pyridine rings is 1. The summed E-state index contributed by atoms with van der Waals surface area (Å²) < 4.78 is 71.1. The van der Waals surface area contributed by atoms with Gasteiger partial charge in [-0.05, 0) is 50.1 Å². The summed E-state index contributed by atoms with van der Waals surface area (Å²) in [4.78, 5) is 16.6. The predicted octanol–water partition coefficient (Wildman–Crippen LogP) is 3.54. The molecule has 31 heavy (non-hydrogen) atoms. The van der Waals surface area contributed by atoms with E-state index in [1.165, 1.54) is 34.9 Å². The second-order valence-electron chi connectivity index (χ2n) is 7.00. The number of carbonyl (C=O) groups excluding carboxylic acids is 1. The highest BCUT2D eigenvalue weighted by Gasteiger charge is 2.34. The van der Waals surface area contributed by atoms with Crippen molar-refractivity contribution in [2.24, 2.45) is 5.92 Å². The summed E-state index contributed by atoms with van der Waals surface area (Å²) in [5, 5.41) is 2.52. The molecule has 1 amide bonds. The zero-order chi connectivity index (χ0) is 22.6. The highest BCUT2D eigenvalue weighted by atomic mass is 32.2. The lowest BCUT2D eigenvalue weighted by molar-refractivity contribution is -0.137. The Kier molecular flexibility index (Phi) is 6.85. The van der Waals surface area contributed by atoms with Crippen molar-refractivity contribution < 1.29 is 31.1 Å². The van der Waals surface area contributed by atoms with E-state index in [1.807, 2.05) is 0 Å². The fourth-order valence-electron chi connectivity index (χ4n) is 3.33. The number of carbonyl (C=O) groups is 1. The standard InChI is InChI=1S/C20H22F3N3O4S/c1-2-30-18-6-5-15(20(21,22)23)12-17(18)25-19(27)14-7-10-26(11-8-14)31(28,29)16-4-3-9-24-13-16/h3-6,9,12-14H,2,7-8,10-11H2,1H3,(H,25,27). The maximum Gasteiger partial charge on any atom is 0.416 e. The van der Waals surface area contributed by atoms with Gasteiger partial charge in [-0.1, -0.05) is 0 Å². The van der Waals surface area contributed by atoms with Crippen LogP contribution in [0, 0.1) is 5.92 Å². The fraction of sp³-hybridized carbons (Fsp3) is 0.400. The van der Waals surface area contributed by atoms with E-state index in [9.17, 15) is 26.4 Å². The number of rotatable bonds is 6. The number of aromatic nitrogens is 1. The molecule has 0 spiro atoms. The van der Waals surface area contributed by atoms with Crippen molar-refractivity contribution in [1.29, 1.82) is 0 Å². The van der Waals surface area contributed by atoms with E-state index in [0.717, 1.165) is 12.1 Å². The minimum atomic E-state index is -4.56. The van der Waals surface area contributed by atoms with Crippen LogP contribution in [0.2, 0.25) is 0 Å². The molecule has 1 aliphatic rings. The molecule has 1 aromatic carbocycles. The molecule has 1 N–H and O–H groups in total. The van der Waals surface area contributed by atoms with Crippen LogP contribution in [-0.2, 0) is 21.0 Å². The third-order valence-corrected chi connectivity index (χ3v) is 6.84. The summed E-state index contributed by atoms with van der Waals surface area (Å²) in [6.45, 7) is 2.15. The third kappa shape index (κ3) is 5.34. The van der Waals surface area contributed by atoms with Crippen LogP contribution in [0.5, 0.6) is 5.75 Å². The molecule has 7 nitrogen and oxygen atoms in total. The average molecular weight is 457 g/mol. The number of benzene rings is 1. The number of nitrogens with one attached hydrogen (secondary N) is 1. The van der Waals surface area contributed by atoms with Gasteiger partial charge in [-0.15, -0.1) is 0 Å². The maximum absolute atomic E-state index is 13.1. The van der Waals surface area contributed by atoms with Gasteiger partial charge in [0.15, 0.2) is 0 Å². The first-order valence-electron chi connectivity index (χ1n) is 9.68. The molecular formula is C20H22F3N3O4S. The van der Waals surface area contributed by atoms with Gasteiger partial charge in [0.2, 0.25) is 15.9 Å². The smallest absolute Gasteiger partial charge is 0.416 e. The van der Waals surface area contributed by atoms with E-state index in [-0.39, 0.29) is 48.9 Å². The van der Waals surface area contributed by atoms with Crippen molar-refractivity contribution >= 4 is 21.6 Å². The number of piperidine rings is 1. The molecule has 1 saturated heterocycles. The number of halogens is 3. The summed E-state index contributed by atoms with van der Waals surface area (Å²) in [5.74, 6) is -0.872. The predicted molar refractivity (Wildman–Crippen MR) is 107 cm³/mol. The third-order valence-electron chi connectivity index (χ3n) is 4.96. The normalized spacial score (nSPS) is 16.1. The van der Waals surface area contributed by atoms with Gasteiger partial charge in [-0.3, -0.25) is 9.78 Å². The van der Waals surface area contributed by atoms with E-state index in [0.29, 0.717) is 0 Å². The summed E-state index contributed by atoms with van der Waals surface area (Å²) in [6.07, 6.45) is -1.34. The largest absolute Gasteiger partial charge is 0.492 e. The molecular weight excluding hydrogens is 435 g/mol. The molecule has 0 aliphatic carbocycles. The van der Waals surface area contributed by atoms with Gasteiger partial charge in [-0.25, -0.2) is 8.42 Å². The highest BCUT2D eigenvalue weighted by Crippen LogP contribution is 2.35. The van der Waals surface area contributed by atoms with E-state index in [2.05, 4.69) is 10.3 Å². The SMILES string of the molecule is CCOc1ccc(C(F)(F)F)cc1NC(=O)C1CCN(S(=O)(=O)c2cccnc2)CC1. The Labute approximate surface area is 178 Å². The van der Waals surface area contributed by atoms with Gasteiger partial charge in [0.05, 0.1) is 17.9 Å². The molecule has 3 rings (SSSR count). The number of nitrogens with zero attached hydrogens (tertiary/aromatic N) is 2. The van der Waals surface area contributed by atoms with Gasteiger partial charge >= 0.3 is 6.18 Å². The fourth-order valence-corrected chi connectivity index (χ4v) is 4.76. The summed E-state index contributed by atoms with van der Waals surface area (Å²) >= 11 is 0. The van der Waals surface area contributed by atoms with E-state index in [4.69, 9.17) is 4.74 Å². The Morgan fingerprint density at radius 1 is 1.26 bits per heavy atom. The van der Waals surface area contributed by atoms with Crippen molar-refractivity contribution in [2.45, 2.75) is 30.8 Å². The quantitative estimate of drug-likeness (QED) is 0.717. The van der Waals surface area contributed by atoms with E-state index in [1.54, 1.807) is 6.92 Å². The van der Waals surface area contributed by atoms with Crippen molar-refractivity contribution in [3.05, 3.63) is 48.3 Å². The van der Waals surface area contributed by atoms with Crippen LogP contribution in [0.25, 0.3) is 0 Å². The maximum atomic E-state index is 13.1. The lowest BCUT2D eigenvalue weighted by atomic mass is 9.97. The minimum absolute atomic E-state index is 0.0629. The van der Waals surface area contributed by atoms with Gasteiger partial charge in [0.25, 0.3) is 0 Å². The average Bonchev–Trinajstić information content (AvgIpc) is 2.75. The van der Waals surface area contributed by atoms with E-state index < -0.39 is 33.6 Å². The van der Waals surface area contributed by atoms with Crippen molar-refractivity contribution in [3.63, 3.8) is 0 Å². The summed E-state index contributed by atoms with van der Waals surface area (Å²) in [7, 11) is -3.71. The molecule has 0 atom stereocenters. The monoisotopic (exact) mass is 457 g/mol. The molecule has 0 saturated carbocycles.